The summed E-state index contributed by atoms with van der Waals surface area (Å²) in [6.07, 6.45) is 3.70. The average Bonchev–Trinajstić information content (AvgIpc) is 3.20. The molecule has 1 unspecified atom stereocenters. The highest BCUT2D eigenvalue weighted by atomic mass is 32.2. The zero-order valence-corrected chi connectivity index (χ0v) is 19.3. The molecule has 2 amide bonds. The number of aliphatic carboxylic acids is 1. The highest BCUT2D eigenvalue weighted by Crippen LogP contribution is 2.40. The summed E-state index contributed by atoms with van der Waals surface area (Å²) in [6.45, 7) is 2.87. The summed E-state index contributed by atoms with van der Waals surface area (Å²) < 4.78 is 4.90. The number of carbonyl (C=O) groups is 4. The van der Waals surface area contributed by atoms with Crippen LogP contribution in [0.1, 0.15) is 26.0 Å². The molecule has 0 saturated carbocycles. The van der Waals surface area contributed by atoms with Crippen molar-refractivity contribution in [3.8, 4) is 0 Å². The molecular formula is C19H21N5O7S2. The van der Waals surface area contributed by atoms with Crippen molar-refractivity contribution in [3.63, 3.8) is 0 Å². The van der Waals surface area contributed by atoms with E-state index in [0.29, 0.717) is 12.0 Å². The first kappa shape index (κ1) is 24.3. The molecule has 3 heterocycles. The molecule has 4 N–H and O–H groups in total. The number of carboxylic acids is 1. The fourth-order valence-corrected chi connectivity index (χ4v) is 4.89. The molecule has 0 spiro atoms. The molecule has 176 valence electrons. The number of carboxylic acid groups (broad SMARTS) is 1. The van der Waals surface area contributed by atoms with Gasteiger partial charge in [0.2, 0.25) is 0 Å². The summed E-state index contributed by atoms with van der Waals surface area (Å²) in [7, 11) is 0. The molecule has 0 aliphatic carbocycles. The van der Waals surface area contributed by atoms with Crippen molar-refractivity contribution >= 4 is 57.7 Å². The van der Waals surface area contributed by atoms with Gasteiger partial charge in [-0.05, 0) is 12.5 Å². The van der Waals surface area contributed by atoms with E-state index < -0.39 is 35.2 Å². The van der Waals surface area contributed by atoms with E-state index in [0.717, 1.165) is 16.2 Å². The van der Waals surface area contributed by atoms with Gasteiger partial charge in [-0.25, -0.2) is 9.78 Å². The van der Waals surface area contributed by atoms with Gasteiger partial charge in [0, 0.05) is 23.6 Å². The summed E-state index contributed by atoms with van der Waals surface area (Å²) in [5, 5.41) is 17.1. The highest BCUT2D eigenvalue weighted by Gasteiger charge is 2.54. The second-order valence-electron chi connectivity index (χ2n) is 6.79. The monoisotopic (exact) mass is 495 g/mol. The largest absolute Gasteiger partial charge is 0.477 e. The van der Waals surface area contributed by atoms with Crippen LogP contribution in [0.5, 0.6) is 0 Å². The number of amides is 2. The Morgan fingerprint density at radius 2 is 2.21 bits per heavy atom. The van der Waals surface area contributed by atoms with Gasteiger partial charge in [-0.2, -0.15) is 0 Å². The van der Waals surface area contributed by atoms with Gasteiger partial charge in [0.15, 0.2) is 10.8 Å². The van der Waals surface area contributed by atoms with Crippen molar-refractivity contribution in [1.82, 2.24) is 15.2 Å². The Kier molecular flexibility index (Phi) is 7.71. The molecule has 33 heavy (non-hydrogen) atoms. The van der Waals surface area contributed by atoms with Crippen LogP contribution in [-0.2, 0) is 28.8 Å². The second-order valence-corrected chi connectivity index (χ2v) is 8.79. The number of aromatic nitrogens is 1. The number of allylic oxidation sites excluding steroid dienone is 1. The van der Waals surface area contributed by atoms with Crippen LogP contribution in [0.15, 0.2) is 34.1 Å². The molecule has 2 aliphatic rings. The van der Waals surface area contributed by atoms with E-state index in [1.54, 1.807) is 6.08 Å². The second kappa shape index (κ2) is 10.5. The molecule has 1 aromatic heterocycles. The van der Waals surface area contributed by atoms with Crippen LogP contribution in [0, 0.1) is 0 Å². The topological polar surface area (TPSA) is 174 Å². The van der Waals surface area contributed by atoms with Gasteiger partial charge >= 0.3 is 11.9 Å². The Morgan fingerprint density at radius 3 is 2.82 bits per heavy atom. The summed E-state index contributed by atoms with van der Waals surface area (Å²) >= 11 is 2.35. The third-order valence-corrected chi connectivity index (χ3v) is 6.52. The van der Waals surface area contributed by atoms with Gasteiger partial charge in [-0.1, -0.05) is 12.1 Å². The van der Waals surface area contributed by atoms with Crippen LogP contribution in [-0.4, -0.2) is 68.2 Å². The maximum atomic E-state index is 12.9. The van der Waals surface area contributed by atoms with Crippen LogP contribution in [0.2, 0.25) is 0 Å². The maximum absolute atomic E-state index is 12.9. The van der Waals surface area contributed by atoms with Crippen LogP contribution in [0.3, 0.4) is 0 Å². The number of anilines is 1. The van der Waals surface area contributed by atoms with Crippen LogP contribution in [0.25, 0.3) is 0 Å². The summed E-state index contributed by atoms with van der Waals surface area (Å²) in [5.41, 5.74) is 5.70. The molecule has 0 bridgehead atoms. The lowest BCUT2D eigenvalue weighted by atomic mass is 10.0. The van der Waals surface area contributed by atoms with Gasteiger partial charge < -0.3 is 25.7 Å². The van der Waals surface area contributed by atoms with Crippen molar-refractivity contribution in [3.05, 3.63) is 34.7 Å². The van der Waals surface area contributed by atoms with Crippen molar-refractivity contribution in [2.24, 2.45) is 5.16 Å². The number of nitrogen functional groups attached to an aromatic ring is 1. The normalized spacial score (nSPS) is 20.4. The molecule has 1 fully saturated rings. The predicted molar refractivity (Wildman–Crippen MR) is 120 cm³/mol. The number of nitrogens with zero attached hydrogens (tertiary/aromatic N) is 3. The molecule has 0 aromatic carbocycles. The number of hydrogen-bond acceptors (Lipinski definition) is 11. The Morgan fingerprint density at radius 1 is 1.45 bits per heavy atom. The van der Waals surface area contributed by atoms with Crippen LogP contribution < -0.4 is 11.1 Å². The number of oxime groups is 1. The first-order valence-corrected chi connectivity index (χ1v) is 11.6. The SMILES string of the molecule is CCC=CON=C(C(=O)NC1C(=O)N2C(C(=O)O)=C(COC(C)=O)CS[C@H]12)c1csc(N)n1. The average molecular weight is 496 g/mol. The zero-order valence-electron chi connectivity index (χ0n) is 17.6. The molecule has 2 aliphatic heterocycles. The quantitative estimate of drug-likeness (QED) is 0.145. The van der Waals surface area contributed by atoms with Gasteiger partial charge in [0.05, 0.1) is 0 Å². The number of ether oxygens (including phenoxy) is 1. The predicted octanol–water partition coefficient (Wildman–Crippen LogP) is 0.671. The molecular weight excluding hydrogens is 474 g/mol. The molecule has 1 saturated heterocycles. The van der Waals surface area contributed by atoms with E-state index in [2.05, 4.69) is 15.5 Å². The number of thiazole rings is 1. The smallest absolute Gasteiger partial charge is 0.352 e. The number of nitrogens with two attached hydrogens (primary N) is 1. The number of thioether (sulfide) groups is 1. The number of nitrogens with one attached hydrogen (secondary N) is 1. The summed E-state index contributed by atoms with van der Waals surface area (Å²) in [5.74, 6) is -3.01. The number of β-lactam (4-membered cyclic amide) rings is 1. The van der Waals surface area contributed by atoms with E-state index in [-0.39, 0.29) is 34.6 Å². The molecule has 0 radical (unpaired) electrons. The third kappa shape index (κ3) is 5.34. The van der Waals surface area contributed by atoms with Gasteiger partial charge in [-0.15, -0.1) is 23.1 Å². The Labute approximate surface area is 196 Å². The fourth-order valence-electron chi connectivity index (χ4n) is 3.02. The minimum Gasteiger partial charge on any atom is -0.477 e. The number of fused-ring (bicyclic) bond motifs is 1. The number of esters is 1. The minimum absolute atomic E-state index is 0.176. The van der Waals surface area contributed by atoms with E-state index in [1.807, 2.05) is 6.92 Å². The minimum atomic E-state index is -1.32. The van der Waals surface area contributed by atoms with Crippen molar-refractivity contribution in [1.29, 1.82) is 0 Å². The molecule has 1 aromatic rings. The van der Waals surface area contributed by atoms with E-state index in [9.17, 15) is 24.3 Å². The van der Waals surface area contributed by atoms with E-state index in [4.69, 9.17) is 15.3 Å². The van der Waals surface area contributed by atoms with E-state index >= 15 is 0 Å². The fraction of sp³-hybridized carbons (Fsp3) is 0.368. The Hall–Kier alpha value is -3.39. The standard InChI is InChI=1S/C19H21N5O7S2/c1-3-4-5-31-23-12(11-8-33-19(20)21-11)15(26)22-13-16(27)24-14(18(28)29)10(6-30-9(2)25)7-32-17(13)24/h4-5,8,13,17H,3,6-7H2,1-2H3,(H2,20,21)(H,22,26)(H,28,29)/t13?,17-/m1/s1. The van der Waals surface area contributed by atoms with Gasteiger partial charge in [0.25, 0.3) is 11.8 Å². The lowest BCUT2D eigenvalue weighted by Gasteiger charge is -2.49. The molecule has 12 nitrogen and oxygen atoms in total. The Bertz CT molecular complexity index is 1060. The number of hydrogen-bond donors (Lipinski definition) is 3. The van der Waals surface area contributed by atoms with Crippen LogP contribution in [0.4, 0.5) is 5.13 Å². The van der Waals surface area contributed by atoms with Crippen molar-refractivity contribution < 1.29 is 33.9 Å². The van der Waals surface area contributed by atoms with Crippen molar-refractivity contribution in [2.75, 3.05) is 18.1 Å². The summed E-state index contributed by atoms with van der Waals surface area (Å²) in [4.78, 5) is 58.7. The molecule has 3 rings (SSSR count). The van der Waals surface area contributed by atoms with Gasteiger partial charge in [0.1, 0.15) is 35.7 Å². The highest BCUT2D eigenvalue weighted by molar-refractivity contribution is 8.00. The van der Waals surface area contributed by atoms with Crippen LogP contribution >= 0.6 is 23.1 Å². The number of rotatable bonds is 9. The molecule has 14 heteroatoms. The Balaban J connectivity index is 1.78. The van der Waals surface area contributed by atoms with Gasteiger partial charge in [-0.3, -0.25) is 19.3 Å². The lowest BCUT2D eigenvalue weighted by Crippen LogP contribution is -2.71. The van der Waals surface area contributed by atoms with E-state index in [1.165, 1.54) is 30.3 Å². The lowest BCUT2D eigenvalue weighted by molar-refractivity contribution is -0.150. The zero-order chi connectivity index (χ0) is 24.1. The van der Waals surface area contributed by atoms with Crippen molar-refractivity contribution in [2.45, 2.75) is 31.7 Å². The summed E-state index contributed by atoms with van der Waals surface area (Å²) in [6, 6.07) is -0.987. The first-order valence-electron chi connectivity index (χ1n) is 9.69. The first-order chi connectivity index (χ1) is 15.7. The maximum Gasteiger partial charge on any atom is 0.352 e. The number of carbonyl (C=O) groups excluding carboxylic acids is 3. The molecule has 2 atom stereocenters. The third-order valence-electron chi connectivity index (χ3n) is 4.50.